The molecule has 1 atom stereocenters. The van der Waals surface area contributed by atoms with Gasteiger partial charge >= 0.3 is 29.6 Å². The summed E-state index contributed by atoms with van der Waals surface area (Å²) in [5.74, 6) is -0.642. The molecule has 1 aliphatic rings. The quantitative estimate of drug-likeness (QED) is 0.288. The summed E-state index contributed by atoms with van der Waals surface area (Å²) in [4.78, 5) is 21.7. The van der Waals surface area contributed by atoms with Gasteiger partial charge in [-0.2, -0.15) is 0 Å². The summed E-state index contributed by atoms with van der Waals surface area (Å²) in [5.41, 5.74) is 0. The van der Waals surface area contributed by atoms with Gasteiger partial charge in [0.05, 0.1) is 5.91 Å². The Hall–Kier alpha value is -0.320. The molecular formula is C8H10NNaO3. The minimum absolute atomic E-state index is 0. The molecule has 0 N–H and O–H groups in total. The van der Waals surface area contributed by atoms with E-state index in [-0.39, 0.29) is 42.1 Å². The van der Waals surface area contributed by atoms with Gasteiger partial charge in [-0.05, 0) is 12.5 Å². The Bertz CT molecular complexity index is 217. The monoisotopic (exact) mass is 191 g/mol. The van der Waals surface area contributed by atoms with Crippen molar-refractivity contribution >= 4 is 11.9 Å². The van der Waals surface area contributed by atoms with Crippen LogP contribution in [0.3, 0.4) is 0 Å². The van der Waals surface area contributed by atoms with Gasteiger partial charge in [-0.1, -0.05) is 19.1 Å². The number of esters is 1. The molecule has 1 unspecified atom stereocenters. The average Bonchev–Trinajstić information content (AvgIpc) is 2.47. The molecule has 1 aliphatic heterocycles. The van der Waals surface area contributed by atoms with Crippen LogP contribution in [0.15, 0.2) is 12.7 Å². The van der Waals surface area contributed by atoms with Crippen molar-refractivity contribution in [2.45, 2.75) is 18.9 Å². The third kappa shape index (κ3) is 3.93. The number of rotatable bonds is 3. The molecule has 0 aromatic rings. The zero-order valence-corrected chi connectivity index (χ0v) is 9.66. The third-order valence-corrected chi connectivity index (χ3v) is 1.55. The fraction of sp³-hybridized carbons (Fsp3) is 0.500. The van der Waals surface area contributed by atoms with E-state index in [1.54, 1.807) is 0 Å². The van der Waals surface area contributed by atoms with E-state index in [1.807, 2.05) is 0 Å². The summed E-state index contributed by atoms with van der Waals surface area (Å²) in [5, 5.41) is 3.59. The van der Waals surface area contributed by atoms with Crippen molar-refractivity contribution in [3.05, 3.63) is 18.0 Å². The largest absolute Gasteiger partial charge is 1.00 e. The van der Waals surface area contributed by atoms with Crippen LogP contribution in [0.2, 0.25) is 0 Å². The number of hydrogen-bond acceptors (Lipinski definition) is 3. The summed E-state index contributed by atoms with van der Waals surface area (Å²) in [6.07, 6.45) is 2.32. The normalized spacial score (nSPS) is 20.0. The van der Waals surface area contributed by atoms with Gasteiger partial charge < -0.3 is 14.8 Å². The molecule has 66 valence electrons. The number of hydrogen-bond donors (Lipinski definition) is 0. The Morgan fingerprint density at radius 2 is 2.46 bits per heavy atom. The molecule has 0 radical (unpaired) electrons. The molecule has 1 fully saturated rings. The third-order valence-electron chi connectivity index (χ3n) is 1.55. The Morgan fingerprint density at radius 3 is 2.92 bits per heavy atom. The fourth-order valence-electron chi connectivity index (χ4n) is 0.971. The number of nitrogens with zero attached hydrogens (tertiary/aromatic N) is 1. The van der Waals surface area contributed by atoms with Crippen LogP contribution in [0, 0.1) is 0 Å². The van der Waals surface area contributed by atoms with Gasteiger partial charge in [-0.3, -0.25) is 4.79 Å². The summed E-state index contributed by atoms with van der Waals surface area (Å²) in [6.45, 7) is 3.58. The molecule has 0 bridgehead atoms. The van der Waals surface area contributed by atoms with Crippen molar-refractivity contribution in [2.24, 2.45) is 0 Å². The maximum absolute atomic E-state index is 11.0. The average molecular weight is 191 g/mol. The molecule has 1 heterocycles. The minimum Gasteiger partial charge on any atom is -0.642 e. The van der Waals surface area contributed by atoms with E-state index in [0.29, 0.717) is 12.8 Å². The van der Waals surface area contributed by atoms with E-state index in [2.05, 4.69) is 11.9 Å². The molecule has 0 aromatic carbocycles. The first-order chi connectivity index (χ1) is 5.74. The minimum atomic E-state index is -0.572. The van der Waals surface area contributed by atoms with E-state index < -0.39 is 12.0 Å². The molecule has 0 aliphatic carbocycles. The van der Waals surface area contributed by atoms with Crippen molar-refractivity contribution in [1.29, 1.82) is 0 Å². The van der Waals surface area contributed by atoms with E-state index in [9.17, 15) is 9.59 Å². The Labute approximate surface area is 99.0 Å². The summed E-state index contributed by atoms with van der Waals surface area (Å²) in [7, 11) is 0. The second kappa shape index (κ2) is 6.18. The molecule has 4 nitrogen and oxygen atoms in total. The van der Waals surface area contributed by atoms with Crippen molar-refractivity contribution in [1.82, 2.24) is 0 Å². The fourth-order valence-corrected chi connectivity index (χ4v) is 0.971. The van der Waals surface area contributed by atoms with Gasteiger partial charge in [-0.15, -0.1) is 0 Å². The second-order valence-corrected chi connectivity index (χ2v) is 2.50. The topological polar surface area (TPSA) is 57.5 Å². The summed E-state index contributed by atoms with van der Waals surface area (Å²) < 4.78 is 4.72. The van der Waals surface area contributed by atoms with Crippen LogP contribution in [0.1, 0.15) is 12.8 Å². The van der Waals surface area contributed by atoms with Crippen LogP contribution in [-0.2, 0) is 14.3 Å². The molecule has 1 saturated heterocycles. The van der Waals surface area contributed by atoms with Gasteiger partial charge in [0.15, 0.2) is 0 Å². The molecule has 1 rings (SSSR count). The van der Waals surface area contributed by atoms with E-state index >= 15 is 0 Å². The first-order valence-electron chi connectivity index (χ1n) is 3.75. The second-order valence-electron chi connectivity index (χ2n) is 2.50. The van der Waals surface area contributed by atoms with Crippen molar-refractivity contribution in [2.75, 3.05) is 6.61 Å². The van der Waals surface area contributed by atoms with E-state index in [4.69, 9.17) is 4.74 Å². The maximum atomic E-state index is 11.0. The van der Waals surface area contributed by atoms with Gasteiger partial charge in [0.1, 0.15) is 6.61 Å². The van der Waals surface area contributed by atoms with Crippen LogP contribution in [0.4, 0.5) is 0 Å². The van der Waals surface area contributed by atoms with E-state index in [1.165, 1.54) is 6.08 Å². The first kappa shape index (κ1) is 12.7. The SMILES string of the molecule is C=CCOC(=O)C1CCC(=O)[N-]1.[Na+]. The number of amides is 1. The van der Waals surface area contributed by atoms with Crippen LogP contribution in [-0.4, -0.2) is 24.5 Å². The molecule has 0 saturated carbocycles. The van der Waals surface area contributed by atoms with Gasteiger partial charge in [0.25, 0.3) is 5.97 Å². The molecule has 0 spiro atoms. The number of carbonyl (C=O) groups is 2. The smallest absolute Gasteiger partial charge is 0.642 e. The maximum Gasteiger partial charge on any atom is 1.00 e. The van der Waals surface area contributed by atoms with Gasteiger partial charge in [0, 0.05) is 0 Å². The first-order valence-corrected chi connectivity index (χ1v) is 3.75. The Morgan fingerprint density at radius 1 is 1.77 bits per heavy atom. The standard InChI is InChI=1S/C8H11NO3.Na/c1-2-5-12-8(11)6-3-4-7(10)9-6;/h2,6H,1,3-5H2,(H,9,10);/q;+1/p-1. The van der Waals surface area contributed by atoms with E-state index in [0.717, 1.165) is 0 Å². The Kier molecular flexibility index (Phi) is 6.03. The molecule has 5 heteroatoms. The van der Waals surface area contributed by atoms with Crippen LogP contribution in [0.25, 0.3) is 5.32 Å². The molecule has 0 aromatic heterocycles. The number of carbonyl (C=O) groups excluding carboxylic acids is 2. The molecule has 1 amide bonds. The molecule has 13 heavy (non-hydrogen) atoms. The zero-order chi connectivity index (χ0) is 8.97. The number of ether oxygens (including phenoxy) is 1. The Balaban J connectivity index is 0.00000144. The van der Waals surface area contributed by atoms with Crippen molar-refractivity contribution in [3.8, 4) is 0 Å². The van der Waals surface area contributed by atoms with Crippen molar-refractivity contribution in [3.63, 3.8) is 0 Å². The zero-order valence-electron chi connectivity index (χ0n) is 7.66. The summed E-state index contributed by atoms with van der Waals surface area (Å²) in [6, 6.07) is -0.572. The molecular weight excluding hydrogens is 181 g/mol. The van der Waals surface area contributed by atoms with Gasteiger partial charge in [0.2, 0.25) is 0 Å². The summed E-state index contributed by atoms with van der Waals surface area (Å²) >= 11 is 0. The van der Waals surface area contributed by atoms with Gasteiger partial charge in [-0.25, -0.2) is 0 Å². The predicted molar refractivity (Wildman–Crippen MR) is 42.5 cm³/mol. The van der Waals surface area contributed by atoms with Crippen LogP contribution in [0.5, 0.6) is 0 Å². The van der Waals surface area contributed by atoms with Crippen LogP contribution < -0.4 is 29.6 Å². The predicted octanol–water partition coefficient (Wildman–Crippen LogP) is -2.22. The van der Waals surface area contributed by atoms with Crippen LogP contribution >= 0.6 is 0 Å². The van der Waals surface area contributed by atoms with Crippen molar-refractivity contribution < 1.29 is 43.9 Å².